The fourth-order valence-corrected chi connectivity index (χ4v) is 4.49. The average molecular weight is 412 g/mol. The number of aromatic nitrogens is 4. The first-order valence-electron chi connectivity index (χ1n) is 10.6. The normalized spacial score (nSPS) is 19.3. The average Bonchev–Trinajstić information content (AvgIpc) is 3.38. The maximum atomic E-state index is 12.4. The lowest BCUT2D eigenvalue weighted by molar-refractivity contribution is -0.136. The Morgan fingerprint density at radius 2 is 2.07 bits per heavy atom. The van der Waals surface area contributed by atoms with Crippen LogP contribution in [-0.2, 0) is 14.3 Å². The van der Waals surface area contributed by atoms with Gasteiger partial charge in [0.25, 0.3) is 0 Å². The summed E-state index contributed by atoms with van der Waals surface area (Å²) in [6.45, 7) is 2.84. The lowest BCUT2D eigenvalue weighted by Gasteiger charge is -2.32. The molecular weight excluding hydrogens is 384 g/mol. The van der Waals surface area contributed by atoms with Crippen molar-refractivity contribution < 1.29 is 14.3 Å². The van der Waals surface area contributed by atoms with Gasteiger partial charge in [0, 0.05) is 31.4 Å². The smallest absolute Gasteiger partial charge is 0.314 e. The molecule has 2 atom stereocenters. The highest BCUT2D eigenvalue weighted by Gasteiger charge is 2.29. The molecule has 9 heteroatoms. The maximum Gasteiger partial charge on any atom is 0.314 e. The fraction of sp³-hybridized carbons (Fsp3) is 0.524. The first-order valence-corrected chi connectivity index (χ1v) is 10.6. The van der Waals surface area contributed by atoms with Gasteiger partial charge in [-0.2, -0.15) is 0 Å². The predicted octanol–water partition coefficient (Wildman–Crippen LogP) is 2.76. The highest BCUT2D eigenvalue weighted by molar-refractivity contribution is 6.40. The molecule has 3 aromatic rings. The van der Waals surface area contributed by atoms with Gasteiger partial charge in [0.15, 0.2) is 5.65 Å². The van der Waals surface area contributed by atoms with E-state index in [1.807, 2.05) is 6.07 Å². The van der Waals surface area contributed by atoms with Crippen LogP contribution in [0.4, 0.5) is 5.82 Å². The second kappa shape index (κ2) is 8.83. The third kappa shape index (κ3) is 3.77. The number of aromatic amines is 1. The molecule has 1 saturated carbocycles. The van der Waals surface area contributed by atoms with Crippen LogP contribution >= 0.6 is 0 Å². The van der Waals surface area contributed by atoms with Crippen LogP contribution in [0.25, 0.3) is 21.9 Å². The molecule has 0 bridgehead atoms. The molecule has 30 heavy (non-hydrogen) atoms. The number of H-pyrrole nitrogens is 1. The molecule has 0 aliphatic heterocycles. The number of pyridine rings is 1. The lowest BCUT2D eigenvalue weighted by atomic mass is 9.83. The Morgan fingerprint density at radius 1 is 1.23 bits per heavy atom. The Morgan fingerprint density at radius 3 is 2.87 bits per heavy atom. The summed E-state index contributed by atoms with van der Waals surface area (Å²) in [4.78, 5) is 33.3. The molecule has 0 saturated heterocycles. The number of fused-ring (bicyclic) bond motifs is 3. The number of carbonyl (C=O) groups is 2. The Hall–Kier alpha value is -2.94. The van der Waals surface area contributed by atoms with Gasteiger partial charge in [-0.15, -0.1) is 0 Å². The highest BCUT2D eigenvalue weighted by atomic mass is 16.5. The molecule has 160 valence electrons. The predicted molar refractivity (Wildman–Crippen MR) is 114 cm³/mol. The van der Waals surface area contributed by atoms with E-state index in [0.717, 1.165) is 29.1 Å². The molecule has 0 spiro atoms. The summed E-state index contributed by atoms with van der Waals surface area (Å²) in [6.07, 6.45) is 9.22. The summed E-state index contributed by atoms with van der Waals surface area (Å²) in [5, 5.41) is 10.4. The number of carbonyl (C=O) groups excluding carboxylic acids is 2. The largest absolute Gasteiger partial charge is 0.383 e. The Kier molecular flexibility index (Phi) is 5.98. The molecule has 9 nitrogen and oxygen atoms in total. The van der Waals surface area contributed by atoms with Crippen LogP contribution in [0.2, 0.25) is 0 Å². The van der Waals surface area contributed by atoms with Crippen LogP contribution in [0.5, 0.6) is 0 Å². The SMILES string of the molecule is CC[C@@H]1CCCC[C@@H]1n1[nH]c(NC(=O)C(=O)NCCOC)c2cnc3nccc3c21. The van der Waals surface area contributed by atoms with Gasteiger partial charge < -0.3 is 15.4 Å². The Bertz CT molecular complexity index is 1060. The van der Waals surface area contributed by atoms with Crippen LogP contribution in [0.15, 0.2) is 18.5 Å². The van der Waals surface area contributed by atoms with Crippen LogP contribution in [0.3, 0.4) is 0 Å². The van der Waals surface area contributed by atoms with Crippen molar-refractivity contribution in [1.82, 2.24) is 25.1 Å². The molecule has 0 radical (unpaired) electrons. The fourth-order valence-electron chi connectivity index (χ4n) is 4.49. The van der Waals surface area contributed by atoms with Crippen molar-refractivity contribution in [3.05, 3.63) is 18.5 Å². The van der Waals surface area contributed by atoms with E-state index in [2.05, 4.69) is 37.3 Å². The minimum absolute atomic E-state index is 0.274. The summed E-state index contributed by atoms with van der Waals surface area (Å²) >= 11 is 0. The van der Waals surface area contributed by atoms with Gasteiger partial charge in [0.1, 0.15) is 5.82 Å². The van der Waals surface area contributed by atoms with Gasteiger partial charge in [-0.1, -0.05) is 26.2 Å². The van der Waals surface area contributed by atoms with Gasteiger partial charge >= 0.3 is 11.8 Å². The van der Waals surface area contributed by atoms with E-state index < -0.39 is 11.8 Å². The van der Waals surface area contributed by atoms with E-state index in [9.17, 15) is 9.59 Å². The minimum atomic E-state index is -0.724. The van der Waals surface area contributed by atoms with Crippen molar-refractivity contribution in [2.75, 3.05) is 25.6 Å². The van der Waals surface area contributed by atoms with Gasteiger partial charge in [-0.3, -0.25) is 19.4 Å². The zero-order valence-electron chi connectivity index (χ0n) is 17.4. The molecule has 0 unspecified atom stereocenters. The molecule has 1 aliphatic rings. The number of hydrogen-bond acceptors (Lipinski definition) is 5. The molecule has 3 heterocycles. The molecular formula is C21H28N6O3. The summed E-state index contributed by atoms with van der Waals surface area (Å²) < 4.78 is 7.06. The van der Waals surface area contributed by atoms with E-state index in [1.165, 1.54) is 26.4 Å². The van der Waals surface area contributed by atoms with Crippen molar-refractivity contribution >= 4 is 39.6 Å². The standard InChI is InChI=1S/C21H28N6O3/c1-3-13-6-4-5-7-16(13)27-17-14-8-9-22-18(14)24-12-15(17)19(26-27)25-21(29)20(28)23-10-11-30-2/h8-9,12-13,16,26H,3-7,10-11H2,1-2H3,(H,23,28)(H,25,29)/t13-,16+/m1/s1. The van der Waals surface area contributed by atoms with Crippen molar-refractivity contribution in [2.24, 2.45) is 5.92 Å². The second-order valence-corrected chi connectivity index (χ2v) is 7.78. The van der Waals surface area contributed by atoms with Crippen LogP contribution < -0.4 is 10.6 Å². The number of nitrogens with one attached hydrogen (secondary N) is 3. The molecule has 3 aromatic heterocycles. The van der Waals surface area contributed by atoms with Gasteiger partial charge in [-0.25, -0.2) is 9.97 Å². The molecule has 1 aliphatic carbocycles. The molecule has 3 N–H and O–H groups in total. The van der Waals surface area contributed by atoms with Crippen molar-refractivity contribution in [1.29, 1.82) is 0 Å². The number of ether oxygens (including phenoxy) is 1. The Labute approximate surface area is 174 Å². The van der Waals surface area contributed by atoms with Gasteiger partial charge in [0.2, 0.25) is 0 Å². The van der Waals surface area contributed by atoms with E-state index in [0.29, 0.717) is 30.0 Å². The first-order chi connectivity index (χ1) is 14.6. The number of amides is 2. The van der Waals surface area contributed by atoms with Crippen LogP contribution in [0, 0.1) is 5.92 Å². The number of rotatable bonds is 6. The quantitative estimate of drug-likeness (QED) is 0.425. The van der Waals surface area contributed by atoms with Crippen molar-refractivity contribution in [3.8, 4) is 0 Å². The summed E-state index contributed by atoms with van der Waals surface area (Å²) in [5.41, 5.74) is 1.65. The first kappa shape index (κ1) is 20.3. The molecule has 2 amide bonds. The summed E-state index contributed by atoms with van der Waals surface area (Å²) in [5.74, 6) is -0.391. The van der Waals surface area contributed by atoms with E-state index in [1.54, 1.807) is 12.4 Å². The summed E-state index contributed by atoms with van der Waals surface area (Å²) in [6, 6.07) is 2.25. The topological polar surface area (TPSA) is 114 Å². The molecule has 1 fully saturated rings. The number of methoxy groups -OCH3 is 1. The van der Waals surface area contributed by atoms with E-state index in [-0.39, 0.29) is 6.54 Å². The molecule has 0 aromatic carbocycles. The zero-order chi connectivity index (χ0) is 21.1. The van der Waals surface area contributed by atoms with Crippen LogP contribution in [-0.4, -0.2) is 51.8 Å². The zero-order valence-corrected chi connectivity index (χ0v) is 17.4. The third-order valence-electron chi connectivity index (χ3n) is 6.01. The minimum Gasteiger partial charge on any atom is -0.383 e. The van der Waals surface area contributed by atoms with E-state index >= 15 is 0 Å². The van der Waals surface area contributed by atoms with E-state index in [4.69, 9.17) is 4.74 Å². The van der Waals surface area contributed by atoms with Crippen LogP contribution in [0.1, 0.15) is 45.1 Å². The maximum absolute atomic E-state index is 12.4. The third-order valence-corrected chi connectivity index (χ3v) is 6.01. The summed E-state index contributed by atoms with van der Waals surface area (Å²) in [7, 11) is 1.54. The Balaban J connectivity index is 1.72. The number of hydrogen-bond donors (Lipinski definition) is 3. The number of nitrogens with zero attached hydrogens (tertiary/aromatic N) is 3. The second-order valence-electron chi connectivity index (χ2n) is 7.78. The van der Waals surface area contributed by atoms with Gasteiger partial charge in [0.05, 0.1) is 23.6 Å². The molecule has 4 rings (SSSR count). The number of anilines is 1. The van der Waals surface area contributed by atoms with Crippen molar-refractivity contribution in [2.45, 2.75) is 45.1 Å². The lowest BCUT2D eigenvalue weighted by Crippen LogP contribution is -2.37. The monoisotopic (exact) mass is 412 g/mol. The van der Waals surface area contributed by atoms with Crippen molar-refractivity contribution in [3.63, 3.8) is 0 Å². The highest BCUT2D eigenvalue weighted by Crippen LogP contribution is 2.40. The van der Waals surface area contributed by atoms with Gasteiger partial charge in [-0.05, 0) is 24.8 Å².